The molecular weight excluding hydrogens is 302 g/mol. The Labute approximate surface area is 142 Å². The second-order valence-electron chi connectivity index (χ2n) is 6.05. The van der Waals surface area contributed by atoms with Crippen molar-refractivity contribution in [3.05, 3.63) is 59.7 Å². The van der Waals surface area contributed by atoms with Crippen molar-refractivity contribution in [3.8, 4) is 11.5 Å². The number of ether oxygens (including phenoxy) is 2. The van der Waals surface area contributed by atoms with Crippen molar-refractivity contribution in [3.63, 3.8) is 0 Å². The topological polar surface area (TPSA) is 47.6 Å². The third-order valence-electron chi connectivity index (χ3n) is 4.61. The number of amides is 1. The molecule has 1 N–H and O–H groups in total. The average Bonchev–Trinajstić information content (AvgIpc) is 2.59. The third-order valence-corrected chi connectivity index (χ3v) is 4.61. The lowest BCUT2D eigenvalue weighted by molar-refractivity contribution is 0.0823. The minimum atomic E-state index is -0.246. The number of carbonyl (C=O) groups is 1. The quantitative estimate of drug-likeness (QED) is 0.876. The van der Waals surface area contributed by atoms with E-state index >= 15 is 0 Å². The standard InChI is InChI=1S/C20H23NO3/c1-3-24-17-11-10-15(14-18(17)23-2)19(22)21-20(12-7-13-20)16-8-5-4-6-9-16/h4-6,8-11,14H,3,7,12-13H2,1-2H3,(H,21,22). The van der Waals surface area contributed by atoms with Crippen LogP contribution >= 0.6 is 0 Å². The molecule has 1 aliphatic rings. The van der Waals surface area contributed by atoms with Gasteiger partial charge in [0.25, 0.3) is 5.91 Å². The number of hydrogen-bond acceptors (Lipinski definition) is 3. The molecule has 126 valence electrons. The SMILES string of the molecule is CCOc1ccc(C(=O)NC2(c3ccccc3)CCC2)cc1OC. The van der Waals surface area contributed by atoms with Crippen LogP contribution in [0.1, 0.15) is 42.1 Å². The van der Waals surface area contributed by atoms with Crippen molar-refractivity contribution >= 4 is 5.91 Å². The molecule has 1 aliphatic carbocycles. The zero-order valence-corrected chi connectivity index (χ0v) is 14.2. The lowest BCUT2D eigenvalue weighted by Crippen LogP contribution is -2.50. The highest BCUT2D eigenvalue weighted by molar-refractivity contribution is 5.95. The highest BCUT2D eigenvalue weighted by Crippen LogP contribution is 2.41. The van der Waals surface area contributed by atoms with E-state index in [1.54, 1.807) is 25.3 Å². The van der Waals surface area contributed by atoms with Crippen molar-refractivity contribution in [2.75, 3.05) is 13.7 Å². The van der Waals surface area contributed by atoms with Gasteiger partial charge in [0.1, 0.15) is 0 Å². The number of nitrogens with one attached hydrogen (secondary N) is 1. The van der Waals surface area contributed by atoms with E-state index in [0.717, 1.165) is 19.3 Å². The molecule has 1 fully saturated rings. The molecule has 1 saturated carbocycles. The van der Waals surface area contributed by atoms with Gasteiger partial charge in [-0.3, -0.25) is 4.79 Å². The fourth-order valence-corrected chi connectivity index (χ4v) is 3.15. The van der Waals surface area contributed by atoms with Crippen LogP contribution in [0.3, 0.4) is 0 Å². The molecule has 0 heterocycles. The normalized spacial score (nSPS) is 15.2. The van der Waals surface area contributed by atoms with Crippen LogP contribution in [0, 0.1) is 0 Å². The molecule has 0 aromatic heterocycles. The molecule has 0 spiro atoms. The van der Waals surface area contributed by atoms with Crippen molar-refractivity contribution in [1.29, 1.82) is 0 Å². The Morgan fingerprint density at radius 2 is 1.88 bits per heavy atom. The fourth-order valence-electron chi connectivity index (χ4n) is 3.15. The minimum Gasteiger partial charge on any atom is -0.493 e. The molecule has 0 unspecified atom stereocenters. The summed E-state index contributed by atoms with van der Waals surface area (Å²) in [6.45, 7) is 2.47. The summed E-state index contributed by atoms with van der Waals surface area (Å²) in [4.78, 5) is 12.8. The van der Waals surface area contributed by atoms with Gasteiger partial charge >= 0.3 is 0 Å². The predicted molar refractivity (Wildman–Crippen MR) is 93.6 cm³/mol. The van der Waals surface area contributed by atoms with Gasteiger partial charge in [-0.25, -0.2) is 0 Å². The number of rotatable bonds is 6. The van der Waals surface area contributed by atoms with E-state index in [2.05, 4.69) is 17.4 Å². The van der Waals surface area contributed by atoms with E-state index in [1.807, 2.05) is 25.1 Å². The van der Waals surface area contributed by atoms with Crippen LogP contribution < -0.4 is 14.8 Å². The Hall–Kier alpha value is -2.49. The second kappa shape index (κ2) is 6.95. The maximum Gasteiger partial charge on any atom is 0.252 e. The van der Waals surface area contributed by atoms with Gasteiger partial charge in [0.15, 0.2) is 11.5 Å². The summed E-state index contributed by atoms with van der Waals surface area (Å²) in [5.41, 5.74) is 1.50. The number of carbonyl (C=O) groups excluding carboxylic acids is 1. The third kappa shape index (κ3) is 3.09. The van der Waals surface area contributed by atoms with Crippen molar-refractivity contribution in [1.82, 2.24) is 5.32 Å². The minimum absolute atomic E-state index is 0.0834. The van der Waals surface area contributed by atoms with E-state index in [-0.39, 0.29) is 11.4 Å². The smallest absolute Gasteiger partial charge is 0.252 e. The van der Waals surface area contributed by atoms with Gasteiger partial charge in [-0.2, -0.15) is 0 Å². The summed E-state index contributed by atoms with van der Waals surface area (Å²) in [5.74, 6) is 1.14. The monoisotopic (exact) mass is 325 g/mol. The van der Waals surface area contributed by atoms with E-state index in [0.29, 0.717) is 23.7 Å². The fraction of sp³-hybridized carbons (Fsp3) is 0.350. The molecule has 0 radical (unpaired) electrons. The Bertz CT molecular complexity index is 708. The summed E-state index contributed by atoms with van der Waals surface area (Å²) >= 11 is 0. The molecule has 2 aromatic rings. The van der Waals surface area contributed by atoms with Gasteiger partial charge in [-0.1, -0.05) is 30.3 Å². The van der Waals surface area contributed by atoms with E-state index in [9.17, 15) is 4.79 Å². The first-order valence-electron chi connectivity index (χ1n) is 8.37. The Morgan fingerprint density at radius 1 is 1.12 bits per heavy atom. The van der Waals surface area contributed by atoms with E-state index < -0.39 is 0 Å². The molecule has 2 aromatic carbocycles. The molecule has 0 bridgehead atoms. The number of benzene rings is 2. The highest BCUT2D eigenvalue weighted by Gasteiger charge is 2.40. The van der Waals surface area contributed by atoms with Crippen LogP contribution in [0.25, 0.3) is 0 Å². The lowest BCUT2D eigenvalue weighted by Gasteiger charge is -2.43. The van der Waals surface area contributed by atoms with Crippen molar-refractivity contribution in [2.45, 2.75) is 31.7 Å². The van der Waals surface area contributed by atoms with Crippen LogP contribution in [0.2, 0.25) is 0 Å². The van der Waals surface area contributed by atoms with E-state index in [4.69, 9.17) is 9.47 Å². The summed E-state index contributed by atoms with van der Waals surface area (Å²) in [6, 6.07) is 15.5. The molecule has 1 amide bonds. The summed E-state index contributed by atoms with van der Waals surface area (Å²) in [5, 5.41) is 3.23. The molecular formula is C20H23NO3. The molecule has 0 saturated heterocycles. The van der Waals surface area contributed by atoms with Crippen LogP contribution in [0.15, 0.2) is 48.5 Å². The zero-order valence-electron chi connectivity index (χ0n) is 14.2. The number of hydrogen-bond donors (Lipinski definition) is 1. The second-order valence-corrected chi connectivity index (χ2v) is 6.05. The summed E-state index contributed by atoms with van der Waals surface area (Å²) < 4.78 is 10.8. The largest absolute Gasteiger partial charge is 0.493 e. The molecule has 24 heavy (non-hydrogen) atoms. The molecule has 0 atom stereocenters. The summed E-state index contributed by atoms with van der Waals surface area (Å²) in [7, 11) is 1.58. The molecule has 4 heteroatoms. The van der Waals surface area contributed by atoms with Gasteiger partial charge in [0.2, 0.25) is 0 Å². The van der Waals surface area contributed by atoms with Crippen LogP contribution in [0.5, 0.6) is 11.5 Å². The average molecular weight is 325 g/mol. The van der Waals surface area contributed by atoms with Gasteiger partial charge in [0, 0.05) is 5.56 Å². The lowest BCUT2D eigenvalue weighted by atomic mass is 9.71. The molecule has 3 rings (SSSR count). The van der Waals surface area contributed by atoms with Crippen LogP contribution in [-0.2, 0) is 5.54 Å². The van der Waals surface area contributed by atoms with Crippen LogP contribution in [0.4, 0.5) is 0 Å². The van der Waals surface area contributed by atoms with Gasteiger partial charge in [0.05, 0.1) is 19.3 Å². The van der Waals surface area contributed by atoms with E-state index in [1.165, 1.54) is 5.56 Å². The molecule has 0 aliphatic heterocycles. The van der Waals surface area contributed by atoms with Crippen molar-refractivity contribution < 1.29 is 14.3 Å². The van der Waals surface area contributed by atoms with Crippen LogP contribution in [-0.4, -0.2) is 19.6 Å². The van der Waals surface area contributed by atoms with Gasteiger partial charge in [-0.15, -0.1) is 0 Å². The first-order chi connectivity index (χ1) is 11.7. The first kappa shape index (κ1) is 16.4. The molecule has 4 nitrogen and oxygen atoms in total. The summed E-state index contributed by atoms with van der Waals surface area (Å²) in [6.07, 6.45) is 3.07. The van der Waals surface area contributed by atoms with Crippen molar-refractivity contribution in [2.24, 2.45) is 0 Å². The maximum atomic E-state index is 12.8. The first-order valence-corrected chi connectivity index (χ1v) is 8.37. The Kier molecular flexibility index (Phi) is 4.74. The number of methoxy groups -OCH3 is 1. The Balaban J connectivity index is 1.82. The highest BCUT2D eigenvalue weighted by atomic mass is 16.5. The maximum absolute atomic E-state index is 12.8. The van der Waals surface area contributed by atoms with Gasteiger partial charge < -0.3 is 14.8 Å². The van der Waals surface area contributed by atoms with Gasteiger partial charge in [-0.05, 0) is 49.9 Å². The predicted octanol–water partition coefficient (Wildman–Crippen LogP) is 3.90. The zero-order chi connectivity index (χ0) is 17.0. The Morgan fingerprint density at radius 3 is 2.46 bits per heavy atom.